The van der Waals surface area contributed by atoms with E-state index < -0.39 is 57.9 Å². The lowest BCUT2D eigenvalue weighted by Gasteiger charge is -2.31. The number of aliphatic carboxylic acids is 1. The first-order valence-electron chi connectivity index (χ1n) is 13.3. The van der Waals surface area contributed by atoms with E-state index in [4.69, 9.17) is 0 Å². The number of unbranched alkanes of at least 4 members (excludes halogenated alkanes) is 2. The number of halogens is 3. The highest BCUT2D eigenvalue weighted by Crippen LogP contribution is 2.50. The van der Waals surface area contributed by atoms with Gasteiger partial charge in [0.2, 0.25) is 11.8 Å². The lowest BCUT2D eigenvalue weighted by Crippen LogP contribution is -2.57. The van der Waals surface area contributed by atoms with Crippen LogP contribution in [0.4, 0.5) is 18.9 Å². The number of carbonyl (C=O) groups excluding carboxylic acids is 2. The predicted molar refractivity (Wildman–Crippen MR) is 141 cm³/mol. The molecule has 4 rings (SSSR count). The van der Waals surface area contributed by atoms with Gasteiger partial charge < -0.3 is 5.11 Å². The highest BCUT2D eigenvalue weighted by Gasteiger charge is 2.68. The zero-order chi connectivity index (χ0) is 29.9. The minimum Gasteiger partial charge on any atom is -0.480 e. The van der Waals surface area contributed by atoms with Crippen LogP contribution in [-0.4, -0.2) is 44.8 Å². The number of amides is 2. The van der Waals surface area contributed by atoms with Crippen LogP contribution in [0.1, 0.15) is 55.3 Å². The van der Waals surface area contributed by atoms with Crippen molar-refractivity contribution in [2.24, 2.45) is 11.8 Å². The molecule has 2 amide bonds. The Morgan fingerprint density at radius 2 is 1.80 bits per heavy atom. The van der Waals surface area contributed by atoms with Gasteiger partial charge in [-0.15, -0.1) is 0 Å². The Kier molecular flexibility index (Phi) is 8.62. The van der Waals surface area contributed by atoms with Crippen LogP contribution in [0.2, 0.25) is 0 Å². The van der Waals surface area contributed by atoms with Crippen molar-refractivity contribution in [1.82, 2.24) is 10.2 Å². The number of allylic oxidation sites excluding steroid dienone is 1. The first kappa shape index (κ1) is 29.9. The lowest BCUT2D eigenvalue weighted by atomic mass is 9.76. The molecule has 2 N–H and O–H groups in total. The minimum atomic E-state index is -4.68. The molecule has 218 valence electrons. The zero-order valence-electron chi connectivity index (χ0n) is 22.3. The number of carboxylic acids is 1. The van der Waals surface area contributed by atoms with Crippen LogP contribution >= 0.6 is 0 Å². The molecular formula is C29H30F3N3O6. The van der Waals surface area contributed by atoms with Crippen molar-refractivity contribution < 1.29 is 37.6 Å². The average molecular weight is 574 g/mol. The summed E-state index contributed by atoms with van der Waals surface area (Å²) in [6, 6.07) is 8.18. The fourth-order valence-electron chi connectivity index (χ4n) is 5.73. The number of rotatable bonds is 11. The molecule has 0 saturated carbocycles. The van der Waals surface area contributed by atoms with Gasteiger partial charge in [-0.1, -0.05) is 56.2 Å². The van der Waals surface area contributed by atoms with E-state index in [1.165, 1.54) is 36.4 Å². The molecule has 0 aromatic heterocycles. The van der Waals surface area contributed by atoms with Gasteiger partial charge in [0.15, 0.2) is 0 Å². The number of likely N-dealkylation sites (tertiary alicyclic amines) is 1. The molecule has 2 aliphatic heterocycles. The summed E-state index contributed by atoms with van der Waals surface area (Å²) in [6.07, 6.45) is 1.95. The highest BCUT2D eigenvalue weighted by atomic mass is 19.4. The van der Waals surface area contributed by atoms with E-state index in [9.17, 15) is 42.8 Å². The van der Waals surface area contributed by atoms with E-state index in [2.05, 4.69) is 12.2 Å². The fourth-order valence-corrected chi connectivity index (χ4v) is 5.73. The number of fused-ring (bicyclic) bond motifs is 1. The first-order valence-corrected chi connectivity index (χ1v) is 13.3. The van der Waals surface area contributed by atoms with Crippen LogP contribution in [0.25, 0.3) is 0 Å². The third-order valence-electron chi connectivity index (χ3n) is 7.74. The van der Waals surface area contributed by atoms with Crippen molar-refractivity contribution in [3.05, 3.63) is 87.5 Å². The van der Waals surface area contributed by atoms with E-state index in [1.807, 2.05) is 12.2 Å². The standard InChI is InChI=1S/C29H30F3N3O6/c1-2-3-4-5-6-7-15-34-25(36)22-23(26(34)37)28(27(38)39,17-18-11-13-21(14-12-18)35(40)41)33-24(22)19-9-8-10-20(16-19)29(30,31)32/h5-6,8-14,16,22-24,33H,2-4,7,15,17H2,1H3,(H,38,39)/b6-5+. The molecule has 4 unspecified atom stereocenters. The molecule has 12 heteroatoms. The van der Waals surface area contributed by atoms with Gasteiger partial charge in [-0.05, 0) is 36.1 Å². The van der Waals surface area contributed by atoms with Crippen molar-refractivity contribution in [3.63, 3.8) is 0 Å². The summed E-state index contributed by atoms with van der Waals surface area (Å²) in [6.45, 7) is 2.06. The van der Waals surface area contributed by atoms with E-state index >= 15 is 0 Å². The number of benzene rings is 2. The maximum atomic E-state index is 13.7. The van der Waals surface area contributed by atoms with Crippen LogP contribution in [0.5, 0.6) is 0 Å². The van der Waals surface area contributed by atoms with Gasteiger partial charge in [-0.25, -0.2) is 0 Å². The number of imide groups is 1. The number of nitro benzene ring substituents is 1. The van der Waals surface area contributed by atoms with Crippen LogP contribution < -0.4 is 5.32 Å². The van der Waals surface area contributed by atoms with Gasteiger partial charge in [-0.3, -0.25) is 34.7 Å². The van der Waals surface area contributed by atoms with Crippen molar-refractivity contribution in [2.75, 3.05) is 6.54 Å². The Morgan fingerprint density at radius 3 is 2.41 bits per heavy atom. The molecule has 2 heterocycles. The monoisotopic (exact) mass is 573 g/mol. The first-order chi connectivity index (χ1) is 19.4. The number of nitro groups is 1. The number of alkyl halides is 3. The van der Waals surface area contributed by atoms with Gasteiger partial charge in [-0.2, -0.15) is 13.2 Å². The Bertz CT molecular complexity index is 1360. The van der Waals surface area contributed by atoms with Crippen molar-refractivity contribution >= 4 is 23.5 Å². The molecule has 0 radical (unpaired) electrons. The van der Waals surface area contributed by atoms with Gasteiger partial charge >= 0.3 is 12.1 Å². The molecular weight excluding hydrogens is 543 g/mol. The number of non-ortho nitro benzene ring substituents is 1. The summed E-state index contributed by atoms with van der Waals surface area (Å²) >= 11 is 0. The number of nitrogens with zero attached hydrogens (tertiary/aromatic N) is 2. The fraction of sp³-hybridized carbons (Fsp3) is 0.414. The minimum absolute atomic E-state index is 0.00976. The van der Waals surface area contributed by atoms with Crippen molar-refractivity contribution in [2.45, 2.75) is 56.8 Å². The second kappa shape index (κ2) is 11.8. The third kappa shape index (κ3) is 5.88. The lowest BCUT2D eigenvalue weighted by molar-refractivity contribution is -0.384. The molecule has 0 aliphatic carbocycles. The van der Waals surface area contributed by atoms with Gasteiger partial charge in [0, 0.05) is 31.1 Å². The van der Waals surface area contributed by atoms with Gasteiger partial charge in [0.25, 0.3) is 5.69 Å². The van der Waals surface area contributed by atoms with E-state index in [0.29, 0.717) is 12.0 Å². The number of nitrogens with one attached hydrogen (secondary N) is 1. The normalized spacial score (nSPS) is 24.3. The Hall–Kier alpha value is -4.06. The molecule has 0 spiro atoms. The number of carbonyl (C=O) groups is 3. The van der Waals surface area contributed by atoms with Crippen LogP contribution in [0.15, 0.2) is 60.7 Å². The maximum Gasteiger partial charge on any atom is 0.416 e. The summed E-state index contributed by atoms with van der Waals surface area (Å²) in [5.41, 5.74) is -2.88. The smallest absolute Gasteiger partial charge is 0.416 e. The Labute approximate surface area is 234 Å². The Balaban J connectivity index is 1.74. The maximum absolute atomic E-state index is 13.7. The number of carboxylic acid groups (broad SMARTS) is 1. The molecule has 9 nitrogen and oxygen atoms in total. The van der Waals surface area contributed by atoms with Crippen LogP contribution in [-0.2, 0) is 27.0 Å². The third-order valence-corrected chi connectivity index (χ3v) is 7.74. The van der Waals surface area contributed by atoms with E-state index in [-0.39, 0.29) is 24.2 Å². The molecule has 0 bridgehead atoms. The second-order valence-electron chi connectivity index (χ2n) is 10.4. The summed E-state index contributed by atoms with van der Waals surface area (Å²) in [4.78, 5) is 51.8. The SMILES string of the molecule is CCCC/C=C/CCN1C(=O)C2C(c3cccc(C(F)(F)F)c3)NC(Cc3ccc([N+](=O)[O-])cc3)(C(=O)O)C2C1=O. The molecule has 2 fully saturated rings. The van der Waals surface area contributed by atoms with Gasteiger partial charge in [0.1, 0.15) is 5.54 Å². The average Bonchev–Trinajstić information content (AvgIpc) is 3.40. The summed E-state index contributed by atoms with van der Waals surface area (Å²) in [7, 11) is 0. The summed E-state index contributed by atoms with van der Waals surface area (Å²) in [5.74, 6) is -5.49. The van der Waals surface area contributed by atoms with E-state index in [0.717, 1.165) is 36.3 Å². The summed E-state index contributed by atoms with van der Waals surface area (Å²) in [5, 5.41) is 24.5. The van der Waals surface area contributed by atoms with Crippen LogP contribution in [0, 0.1) is 22.0 Å². The zero-order valence-corrected chi connectivity index (χ0v) is 22.3. The molecule has 2 aromatic carbocycles. The molecule has 41 heavy (non-hydrogen) atoms. The Morgan fingerprint density at radius 1 is 1.12 bits per heavy atom. The molecule has 4 atom stereocenters. The topological polar surface area (TPSA) is 130 Å². The quantitative estimate of drug-likeness (QED) is 0.126. The van der Waals surface area contributed by atoms with Crippen molar-refractivity contribution in [1.29, 1.82) is 0 Å². The van der Waals surface area contributed by atoms with E-state index in [1.54, 1.807) is 0 Å². The number of hydrogen-bond donors (Lipinski definition) is 2. The van der Waals surface area contributed by atoms with Crippen molar-refractivity contribution in [3.8, 4) is 0 Å². The predicted octanol–water partition coefficient (Wildman–Crippen LogP) is 5.06. The second-order valence-corrected chi connectivity index (χ2v) is 10.4. The highest BCUT2D eigenvalue weighted by molar-refractivity contribution is 6.09. The van der Waals surface area contributed by atoms with Crippen LogP contribution in [0.3, 0.4) is 0 Å². The van der Waals surface area contributed by atoms with Gasteiger partial charge in [0.05, 0.1) is 22.3 Å². The molecule has 2 aliphatic rings. The molecule has 2 aromatic rings. The molecule has 2 saturated heterocycles. The number of hydrogen-bond acceptors (Lipinski definition) is 6. The largest absolute Gasteiger partial charge is 0.480 e. The summed E-state index contributed by atoms with van der Waals surface area (Å²) < 4.78 is 40.6.